The molecule has 0 heterocycles. The van der Waals surface area contributed by atoms with E-state index in [-0.39, 0.29) is 55.8 Å². The number of hydrogen-bond acceptors (Lipinski definition) is 3. The van der Waals surface area contributed by atoms with Crippen molar-refractivity contribution < 1.29 is 56.1 Å². The first-order valence-electron chi connectivity index (χ1n) is 4.50. The van der Waals surface area contributed by atoms with Crippen LogP contribution in [0.2, 0.25) is 0 Å². The predicted molar refractivity (Wildman–Crippen MR) is 59.2 cm³/mol. The van der Waals surface area contributed by atoms with E-state index in [9.17, 15) is 0 Å². The third-order valence-electron chi connectivity index (χ3n) is 2.01. The first-order chi connectivity index (χ1) is 5.66. The van der Waals surface area contributed by atoms with Crippen molar-refractivity contribution in [3.05, 3.63) is 0 Å². The fourth-order valence-corrected chi connectivity index (χ4v) is 1.12. The molecule has 0 saturated carbocycles. The molecule has 0 saturated heterocycles. The Bertz CT molecular complexity index is 131. The van der Waals surface area contributed by atoms with Crippen LogP contribution in [0.15, 0.2) is 0 Å². The molecule has 0 bridgehead atoms. The van der Waals surface area contributed by atoms with Gasteiger partial charge >= 0.3 is 51.4 Å². The van der Waals surface area contributed by atoms with Gasteiger partial charge in [-0.15, -0.1) is 0 Å². The summed E-state index contributed by atoms with van der Waals surface area (Å²) in [5, 5.41) is 0. The molecule has 0 N–H and O–H groups in total. The SMILES string of the molecule is CCC(C)CCCCOC(=S)[S-].[K+]. The summed E-state index contributed by atoms with van der Waals surface area (Å²) in [6.07, 6.45) is 4.83. The van der Waals surface area contributed by atoms with Crippen LogP contribution < -0.4 is 51.4 Å². The first kappa shape index (κ1) is 17.2. The van der Waals surface area contributed by atoms with Gasteiger partial charge in [-0.1, -0.05) is 26.7 Å². The second kappa shape index (κ2) is 11.8. The molecular weight excluding hydrogens is 227 g/mol. The van der Waals surface area contributed by atoms with Crippen molar-refractivity contribution in [3.63, 3.8) is 0 Å². The minimum atomic E-state index is 0. The van der Waals surface area contributed by atoms with Crippen LogP contribution in [-0.4, -0.2) is 11.0 Å². The molecule has 0 amide bonds. The van der Waals surface area contributed by atoms with Crippen molar-refractivity contribution in [3.8, 4) is 0 Å². The fraction of sp³-hybridized carbons (Fsp3) is 0.889. The molecule has 0 fully saturated rings. The molecule has 0 aliphatic heterocycles. The van der Waals surface area contributed by atoms with E-state index in [4.69, 9.17) is 4.74 Å². The Morgan fingerprint density at radius 3 is 2.54 bits per heavy atom. The molecule has 0 aromatic rings. The van der Waals surface area contributed by atoms with Crippen molar-refractivity contribution in [1.29, 1.82) is 0 Å². The third-order valence-corrected chi connectivity index (χ3v) is 2.24. The topological polar surface area (TPSA) is 9.23 Å². The molecule has 0 spiro atoms. The minimum Gasteiger partial charge on any atom is -0.514 e. The second-order valence-electron chi connectivity index (χ2n) is 3.11. The Kier molecular flexibility index (Phi) is 15.6. The zero-order chi connectivity index (χ0) is 9.40. The third kappa shape index (κ3) is 13.7. The first-order valence-corrected chi connectivity index (χ1v) is 5.32. The molecule has 0 radical (unpaired) electrons. The molecule has 4 heteroatoms. The Morgan fingerprint density at radius 1 is 1.46 bits per heavy atom. The van der Waals surface area contributed by atoms with Crippen LogP contribution in [0.4, 0.5) is 0 Å². The molecule has 0 aliphatic rings. The Labute approximate surface area is 135 Å². The predicted octanol–water partition coefficient (Wildman–Crippen LogP) is 0.0552. The Balaban J connectivity index is 0. The Hall–Kier alpha value is 1.75. The monoisotopic (exact) mass is 244 g/mol. The average molecular weight is 244 g/mol. The summed E-state index contributed by atoms with van der Waals surface area (Å²) in [7, 11) is 0. The van der Waals surface area contributed by atoms with Gasteiger partial charge in [-0.05, 0) is 18.8 Å². The van der Waals surface area contributed by atoms with Gasteiger partial charge in [0.05, 0.1) is 6.61 Å². The quantitative estimate of drug-likeness (QED) is 0.283. The van der Waals surface area contributed by atoms with Gasteiger partial charge in [0.1, 0.15) is 0 Å². The number of ether oxygens (including phenoxy) is 1. The molecule has 0 rings (SSSR count). The maximum atomic E-state index is 5.00. The maximum Gasteiger partial charge on any atom is 1.00 e. The zero-order valence-corrected chi connectivity index (χ0v) is 13.6. The van der Waals surface area contributed by atoms with Gasteiger partial charge in [0.15, 0.2) is 0 Å². The van der Waals surface area contributed by atoms with Crippen LogP contribution in [0.1, 0.15) is 39.5 Å². The second-order valence-corrected chi connectivity index (χ2v) is 4.11. The normalized spacial score (nSPS) is 11.5. The largest absolute Gasteiger partial charge is 1.00 e. The van der Waals surface area contributed by atoms with Gasteiger partial charge in [-0.3, -0.25) is 0 Å². The van der Waals surface area contributed by atoms with Gasteiger partial charge in [0, 0.05) is 4.38 Å². The van der Waals surface area contributed by atoms with E-state index in [0.29, 0.717) is 6.61 Å². The van der Waals surface area contributed by atoms with Crippen molar-refractivity contribution in [2.24, 2.45) is 5.92 Å². The van der Waals surface area contributed by atoms with Gasteiger partial charge < -0.3 is 29.6 Å². The van der Waals surface area contributed by atoms with Crippen molar-refractivity contribution in [1.82, 2.24) is 0 Å². The van der Waals surface area contributed by atoms with Crippen LogP contribution in [0, 0.1) is 5.92 Å². The van der Waals surface area contributed by atoms with E-state index in [0.717, 1.165) is 12.3 Å². The van der Waals surface area contributed by atoms with Crippen molar-refractivity contribution in [2.45, 2.75) is 39.5 Å². The van der Waals surface area contributed by atoms with Crippen LogP contribution in [0.5, 0.6) is 0 Å². The van der Waals surface area contributed by atoms with Crippen molar-refractivity contribution in [2.75, 3.05) is 6.61 Å². The number of thiocarbonyl (C=S) groups is 1. The summed E-state index contributed by atoms with van der Waals surface area (Å²) in [4.78, 5) is 0. The van der Waals surface area contributed by atoms with E-state index in [1.165, 1.54) is 19.3 Å². The van der Waals surface area contributed by atoms with E-state index in [1.54, 1.807) is 0 Å². The average Bonchev–Trinajstić information content (AvgIpc) is 2.03. The van der Waals surface area contributed by atoms with Gasteiger partial charge in [-0.2, -0.15) is 0 Å². The number of unbranched alkanes of at least 4 members (excludes halogenated alkanes) is 1. The minimum absolute atomic E-state index is 0. The van der Waals surface area contributed by atoms with E-state index in [2.05, 4.69) is 38.7 Å². The smallest absolute Gasteiger partial charge is 0.514 e. The summed E-state index contributed by atoms with van der Waals surface area (Å²) in [6.45, 7) is 5.19. The molecule has 0 aromatic heterocycles. The maximum absolute atomic E-state index is 5.00. The fourth-order valence-electron chi connectivity index (χ4n) is 0.954. The molecule has 0 aromatic carbocycles. The number of rotatable bonds is 6. The molecule has 13 heavy (non-hydrogen) atoms. The van der Waals surface area contributed by atoms with Gasteiger partial charge in [-0.25, -0.2) is 0 Å². The van der Waals surface area contributed by atoms with E-state index in [1.807, 2.05) is 0 Å². The zero-order valence-electron chi connectivity index (χ0n) is 8.84. The molecule has 1 unspecified atom stereocenters. The van der Waals surface area contributed by atoms with Gasteiger partial charge in [0.25, 0.3) is 0 Å². The molecular formula is C9H17KOS2. The summed E-state index contributed by atoms with van der Waals surface area (Å²) in [6, 6.07) is 0. The van der Waals surface area contributed by atoms with Gasteiger partial charge in [0.2, 0.25) is 0 Å². The van der Waals surface area contributed by atoms with Crippen molar-refractivity contribution >= 4 is 29.2 Å². The summed E-state index contributed by atoms with van der Waals surface area (Å²) in [5.74, 6) is 0.834. The van der Waals surface area contributed by atoms with Crippen LogP contribution in [0.25, 0.3) is 0 Å². The van der Waals surface area contributed by atoms with Crippen LogP contribution >= 0.6 is 12.2 Å². The molecule has 0 aliphatic carbocycles. The molecule has 72 valence electrons. The van der Waals surface area contributed by atoms with E-state index < -0.39 is 0 Å². The molecule has 1 nitrogen and oxygen atoms in total. The van der Waals surface area contributed by atoms with Crippen LogP contribution in [-0.2, 0) is 17.4 Å². The molecule has 1 atom stereocenters. The summed E-state index contributed by atoms with van der Waals surface area (Å²) in [5.41, 5.74) is 0. The standard InChI is InChI=1S/C9H18OS2.K/c1-3-8(2)6-4-5-7-10-9(11)12;/h8H,3-7H2,1-2H3,(H,11,12);/q;+1/p-1. The van der Waals surface area contributed by atoms with E-state index >= 15 is 0 Å². The summed E-state index contributed by atoms with van der Waals surface area (Å²) >= 11 is 9.22. The Morgan fingerprint density at radius 2 is 2.08 bits per heavy atom. The van der Waals surface area contributed by atoms with Crippen LogP contribution in [0.3, 0.4) is 0 Å². The summed E-state index contributed by atoms with van der Waals surface area (Å²) < 4.78 is 5.25. The number of hydrogen-bond donors (Lipinski definition) is 0.